The monoisotopic (exact) mass is 298 g/mol. The van der Waals surface area contributed by atoms with Gasteiger partial charge in [-0.05, 0) is 0 Å². The fraction of sp³-hybridized carbons (Fsp3) is 0. The molecule has 0 atom stereocenters. The van der Waals surface area contributed by atoms with Crippen LogP contribution >= 0.6 is 0 Å². The van der Waals surface area contributed by atoms with Gasteiger partial charge in [-0.1, -0.05) is 0 Å². The molecule has 0 aliphatic rings. The number of rotatable bonds is 0. The Morgan fingerprint density at radius 1 is 0.909 bits per heavy atom. The Labute approximate surface area is 82.0 Å². The van der Waals surface area contributed by atoms with Crippen molar-refractivity contribution < 1.29 is 51.9 Å². The van der Waals surface area contributed by atoms with Crippen LogP contribution in [-0.4, -0.2) is 10.2 Å². The van der Waals surface area contributed by atoms with Gasteiger partial charge in [0.15, 0.2) is 0 Å². The first kappa shape index (κ1) is 17.0. The second-order valence-electron chi connectivity index (χ2n) is 0.697. The van der Waals surface area contributed by atoms with Crippen LogP contribution in [0.2, 0.25) is 0 Å². The second kappa shape index (κ2) is 16.4. The molecule has 0 aliphatic heterocycles. The molecule has 0 heterocycles. The van der Waals surface area contributed by atoms with Crippen molar-refractivity contribution in [2.45, 2.75) is 0 Å². The first-order chi connectivity index (χ1) is 4.88. The number of hydrogen-bond donors (Lipinski definition) is 2. The first-order valence-electron chi connectivity index (χ1n) is 1.80. The van der Waals surface area contributed by atoms with E-state index < -0.39 is 48.5 Å². The van der Waals surface area contributed by atoms with Crippen LogP contribution in [0.3, 0.4) is 0 Å². The zero-order valence-corrected chi connectivity index (χ0v) is 8.40. The van der Waals surface area contributed by atoms with Gasteiger partial charge in [0.2, 0.25) is 0 Å². The van der Waals surface area contributed by atoms with E-state index in [-0.39, 0.29) is 0 Å². The molecule has 0 saturated heterocycles. The van der Waals surface area contributed by atoms with Crippen LogP contribution in [-0.2, 0) is 0 Å². The Bertz CT molecular complexity index is 82.8. The zero-order chi connectivity index (χ0) is 9.86. The van der Waals surface area contributed by atoms with E-state index in [1.165, 1.54) is 0 Å². The molecule has 0 fully saturated rings. The summed E-state index contributed by atoms with van der Waals surface area (Å²) in [4.78, 5) is 16.5. The van der Waals surface area contributed by atoms with Gasteiger partial charge in [0.25, 0.3) is 0 Å². The van der Waals surface area contributed by atoms with E-state index in [1.807, 2.05) is 0 Å². The Kier molecular flexibility index (Phi) is 25.2. The molecular formula is H6CeN4O6. The van der Waals surface area contributed by atoms with Gasteiger partial charge in [-0.15, -0.1) is 0 Å². The van der Waals surface area contributed by atoms with Gasteiger partial charge in [0.05, 0.1) is 10.2 Å². The number of quaternary nitrogens is 2. The third kappa shape index (κ3) is 6240. The predicted octanol–water partition coefficient (Wildman–Crippen LogP) is -3.09. The third-order valence-electron chi connectivity index (χ3n) is 0. The van der Waals surface area contributed by atoms with Crippen LogP contribution < -0.4 is 3.39 Å². The van der Waals surface area contributed by atoms with E-state index in [4.69, 9.17) is 30.6 Å². The van der Waals surface area contributed by atoms with Crippen LogP contribution in [0.4, 0.5) is 0 Å². The zero-order valence-electron chi connectivity index (χ0n) is 5.26. The van der Waals surface area contributed by atoms with Gasteiger partial charge < -0.3 is 30.6 Å². The average Bonchev–Trinajstić information content (AvgIpc) is 1.60. The summed E-state index contributed by atoms with van der Waals surface area (Å²) in [5.41, 5.74) is 0. The maximum absolute atomic E-state index is 8.25. The number of nitrogens with zero attached hydrogens (tertiary/aromatic N) is 2. The fourth-order valence-corrected chi connectivity index (χ4v) is 0. The van der Waals surface area contributed by atoms with Crippen molar-refractivity contribution in [1.82, 2.24) is 0 Å². The molecule has 0 aromatic heterocycles. The van der Waals surface area contributed by atoms with Crippen molar-refractivity contribution in [3.05, 3.63) is 30.6 Å². The molecule has 6 N–H and O–H groups in total. The van der Waals surface area contributed by atoms with Crippen molar-refractivity contribution in [1.29, 1.82) is 0 Å². The molecule has 0 saturated carbocycles. The molecule has 0 bridgehead atoms. The maximum atomic E-state index is 8.25. The molecule has 11 heavy (non-hydrogen) atoms. The topological polar surface area (TPSA) is 188 Å². The molecule has 11 heteroatoms. The third-order valence-corrected chi connectivity index (χ3v) is 0. The minimum absolute atomic E-state index is 0.417. The van der Waals surface area contributed by atoms with E-state index in [9.17, 15) is 0 Å². The van der Waals surface area contributed by atoms with Gasteiger partial charge in [0.1, 0.15) is 0 Å². The van der Waals surface area contributed by atoms with E-state index >= 15 is 0 Å². The van der Waals surface area contributed by atoms with E-state index in [2.05, 4.69) is 3.39 Å². The molecule has 0 aromatic carbocycles. The van der Waals surface area contributed by atoms with E-state index in [0.29, 0.717) is 0 Å². The van der Waals surface area contributed by atoms with Gasteiger partial charge >= 0.3 is 41.7 Å². The van der Waals surface area contributed by atoms with Gasteiger partial charge in [-0.2, -0.15) is 0 Å². The molecule has 0 spiro atoms. The summed E-state index contributed by atoms with van der Waals surface area (Å²) in [5.74, 6) is 0. The predicted molar refractivity (Wildman–Crippen MR) is 26.5 cm³/mol. The van der Waals surface area contributed by atoms with Crippen molar-refractivity contribution in [2.75, 3.05) is 0 Å². The Morgan fingerprint density at radius 3 is 0.909 bits per heavy atom. The first-order valence-corrected chi connectivity index (χ1v) is 6.24. The van der Waals surface area contributed by atoms with E-state index in [1.54, 1.807) is 0 Å². The molecule has 10 nitrogen and oxygen atoms in total. The van der Waals surface area contributed by atoms with Gasteiger partial charge in [0, 0.05) is 0 Å². The van der Waals surface area contributed by atoms with Crippen molar-refractivity contribution in [3.63, 3.8) is 0 Å². The molecule has 66 valence electrons. The van der Waals surface area contributed by atoms with Crippen molar-refractivity contribution in [2.24, 2.45) is 0 Å². The second-order valence-corrected chi connectivity index (χ2v) is 2.27. The summed E-state index contributed by atoms with van der Waals surface area (Å²) in [6.45, 7) is 0. The Morgan fingerprint density at radius 2 is 0.909 bits per heavy atom. The van der Waals surface area contributed by atoms with Gasteiger partial charge in [-0.25, -0.2) is 0 Å². The summed E-state index contributed by atoms with van der Waals surface area (Å²) >= 11 is -0.417. The molecule has 0 radical (unpaired) electrons. The molecular weight excluding hydrogens is 292 g/mol. The van der Waals surface area contributed by atoms with Crippen LogP contribution in [0.25, 0.3) is 0 Å². The fourth-order valence-electron chi connectivity index (χ4n) is 0. The SMILES string of the molecule is O=[N+]([O-])[O-].O=[N+]([O-])[O-].[NH3+][Ce][NH3+]. The summed E-state index contributed by atoms with van der Waals surface area (Å²) in [6.07, 6.45) is 0. The van der Waals surface area contributed by atoms with Gasteiger partial charge in [-0.3, -0.25) is 0 Å². The number of hydrogen-bond acceptors (Lipinski definition) is 6. The van der Waals surface area contributed by atoms with Crippen molar-refractivity contribution >= 4 is 0 Å². The average molecular weight is 298 g/mol. The molecule has 0 amide bonds. The summed E-state index contributed by atoms with van der Waals surface area (Å²) in [5, 5.41) is 29.5. The molecule has 0 rings (SSSR count). The summed E-state index contributed by atoms with van der Waals surface area (Å²) < 4.78 is 7.14. The quantitative estimate of drug-likeness (QED) is 0.352. The summed E-state index contributed by atoms with van der Waals surface area (Å²) in [6, 6.07) is 0. The Hall–Kier alpha value is -0.303. The molecule has 0 aliphatic carbocycles. The van der Waals surface area contributed by atoms with Crippen molar-refractivity contribution in [3.8, 4) is 0 Å². The molecule has 0 unspecified atom stereocenters. The minimum atomic E-state index is -1.75. The van der Waals surface area contributed by atoms with Crippen LogP contribution in [0.1, 0.15) is 0 Å². The standard InChI is InChI=1S/Ce.2NO3.2H3N/c;2*2-1(3)4;;/h;;;2*1H3/q+2;2*-1;;. The van der Waals surface area contributed by atoms with Crippen LogP contribution in [0, 0.1) is 69.0 Å². The van der Waals surface area contributed by atoms with Crippen LogP contribution in [0.15, 0.2) is 0 Å². The van der Waals surface area contributed by atoms with E-state index in [0.717, 1.165) is 0 Å². The van der Waals surface area contributed by atoms with Crippen LogP contribution in [0.5, 0.6) is 0 Å². The summed E-state index contributed by atoms with van der Waals surface area (Å²) in [7, 11) is 0. The molecule has 0 aromatic rings. The Balaban J connectivity index is -0.0000000886. The normalized spacial score (nSPS) is 5.64.